The maximum absolute atomic E-state index is 12.3. The van der Waals surface area contributed by atoms with Crippen LogP contribution in [0.25, 0.3) is 0 Å². The summed E-state index contributed by atoms with van der Waals surface area (Å²) in [4.78, 5) is 36.9. The van der Waals surface area contributed by atoms with Gasteiger partial charge in [0.15, 0.2) is 0 Å². The molecule has 2 fully saturated rings. The number of hydrogen-bond acceptors (Lipinski definition) is 3. The van der Waals surface area contributed by atoms with Crippen molar-refractivity contribution in [1.29, 1.82) is 0 Å². The Balaban J connectivity index is 2.30. The number of hydrogen-bond donors (Lipinski definition) is 1. The number of piperidine rings is 1. The van der Waals surface area contributed by atoms with Gasteiger partial charge in [-0.15, -0.1) is 0 Å². The molecule has 0 aromatic rings. The molecule has 1 atom stereocenters. The van der Waals surface area contributed by atoms with E-state index in [0.717, 1.165) is 0 Å². The number of likely N-dealkylation sites (tertiary alicyclic amines) is 1. The van der Waals surface area contributed by atoms with E-state index in [-0.39, 0.29) is 23.8 Å². The van der Waals surface area contributed by atoms with Crippen molar-refractivity contribution in [2.24, 2.45) is 0 Å². The predicted molar refractivity (Wildman–Crippen MR) is 69.9 cm³/mol. The number of amides is 3. The summed E-state index contributed by atoms with van der Waals surface area (Å²) in [6, 6.07) is -0.261. The van der Waals surface area contributed by atoms with Crippen LogP contribution in [0.4, 0.5) is 0 Å². The van der Waals surface area contributed by atoms with Gasteiger partial charge < -0.3 is 5.32 Å². The summed E-state index contributed by atoms with van der Waals surface area (Å²) in [5, 5.41) is 2.69. The Morgan fingerprint density at radius 3 is 2.47 bits per heavy atom. The lowest BCUT2D eigenvalue weighted by atomic mass is 10.1. The third-order valence-electron chi connectivity index (χ3n) is 3.37. The minimum Gasteiger partial charge on any atom is -0.354 e. The molecule has 2 saturated heterocycles. The molecule has 19 heavy (non-hydrogen) atoms. The van der Waals surface area contributed by atoms with E-state index in [1.807, 2.05) is 0 Å². The van der Waals surface area contributed by atoms with E-state index >= 15 is 0 Å². The van der Waals surface area contributed by atoms with Crippen molar-refractivity contribution in [3.8, 4) is 0 Å². The van der Waals surface area contributed by atoms with Crippen LogP contribution >= 0.6 is 0 Å². The number of allylic oxidation sites excluding steroid dienone is 3. The van der Waals surface area contributed by atoms with E-state index in [1.54, 1.807) is 19.1 Å². The highest BCUT2D eigenvalue weighted by Crippen LogP contribution is 2.28. The molecule has 5 nitrogen and oxygen atoms in total. The van der Waals surface area contributed by atoms with E-state index < -0.39 is 0 Å². The molecule has 1 unspecified atom stereocenters. The molecule has 5 heteroatoms. The van der Waals surface area contributed by atoms with Crippen molar-refractivity contribution in [1.82, 2.24) is 10.2 Å². The topological polar surface area (TPSA) is 66.5 Å². The van der Waals surface area contributed by atoms with Gasteiger partial charge in [-0.2, -0.15) is 0 Å². The average molecular weight is 260 g/mol. The molecule has 0 saturated carbocycles. The standard InChI is InChI=1S/C14H16N2O3/c1-3-5-11-10(4-2)13(18)16(14(11)19)9-6-7-12(17)15-8-9/h3-5,9H,1,6-8H2,2H3,(H,15,17)/b10-4+,11-5+. The van der Waals surface area contributed by atoms with Gasteiger partial charge in [0.05, 0.1) is 11.6 Å². The van der Waals surface area contributed by atoms with Crippen LogP contribution in [-0.2, 0) is 14.4 Å². The van der Waals surface area contributed by atoms with Gasteiger partial charge in [-0.05, 0) is 19.4 Å². The smallest absolute Gasteiger partial charge is 0.261 e. The van der Waals surface area contributed by atoms with E-state index in [9.17, 15) is 14.4 Å². The van der Waals surface area contributed by atoms with Crippen molar-refractivity contribution in [2.75, 3.05) is 6.54 Å². The second kappa shape index (κ2) is 5.22. The first kappa shape index (κ1) is 13.3. The van der Waals surface area contributed by atoms with Crippen molar-refractivity contribution in [3.05, 3.63) is 36.0 Å². The second-order valence-corrected chi connectivity index (χ2v) is 4.50. The normalized spacial score (nSPS) is 28.2. The molecular weight excluding hydrogens is 244 g/mol. The van der Waals surface area contributed by atoms with Gasteiger partial charge in [-0.25, -0.2) is 0 Å². The van der Waals surface area contributed by atoms with Gasteiger partial charge in [0.25, 0.3) is 11.8 Å². The van der Waals surface area contributed by atoms with E-state index in [1.165, 1.54) is 11.0 Å². The minimum atomic E-state index is -0.306. The Labute approximate surface area is 111 Å². The average Bonchev–Trinajstić information content (AvgIpc) is 2.63. The number of carbonyl (C=O) groups is 3. The predicted octanol–water partition coefficient (Wildman–Crippen LogP) is 0.692. The molecule has 0 aromatic carbocycles. The lowest BCUT2D eigenvalue weighted by Gasteiger charge is -2.29. The van der Waals surface area contributed by atoms with E-state index in [4.69, 9.17) is 0 Å². The summed E-state index contributed by atoms with van der Waals surface area (Å²) in [7, 11) is 0. The summed E-state index contributed by atoms with van der Waals surface area (Å²) in [6.45, 7) is 5.61. The molecule has 0 aliphatic carbocycles. The maximum atomic E-state index is 12.3. The number of nitrogens with one attached hydrogen (secondary N) is 1. The van der Waals surface area contributed by atoms with Crippen LogP contribution in [0.5, 0.6) is 0 Å². The monoisotopic (exact) mass is 260 g/mol. The first-order chi connectivity index (χ1) is 9.10. The van der Waals surface area contributed by atoms with Gasteiger partial charge in [0.1, 0.15) is 0 Å². The SMILES string of the molecule is C=C/C=C1/C(=O)N(C2CCC(=O)NC2)C(=O)/C1=C/C. The fraction of sp³-hybridized carbons (Fsp3) is 0.357. The molecule has 2 aliphatic heterocycles. The first-order valence-corrected chi connectivity index (χ1v) is 6.24. The van der Waals surface area contributed by atoms with Crippen LogP contribution in [0, 0.1) is 0 Å². The van der Waals surface area contributed by atoms with E-state index in [0.29, 0.717) is 30.5 Å². The largest absolute Gasteiger partial charge is 0.354 e. The molecule has 2 aliphatic rings. The fourth-order valence-electron chi connectivity index (χ4n) is 2.41. The minimum absolute atomic E-state index is 0.0385. The number of imide groups is 1. The first-order valence-electron chi connectivity index (χ1n) is 6.24. The Hall–Kier alpha value is -2.17. The molecule has 2 rings (SSSR count). The third-order valence-corrected chi connectivity index (χ3v) is 3.37. The lowest BCUT2D eigenvalue weighted by Crippen LogP contribution is -2.50. The van der Waals surface area contributed by atoms with Crippen LogP contribution in [0.1, 0.15) is 19.8 Å². The van der Waals surface area contributed by atoms with Gasteiger partial charge in [0.2, 0.25) is 5.91 Å². The summed E-state index contributed by atoms with van der Waals surface area (Å²) in [5.74, 6) is -0.635. The Kier molecular flexibility index (Phi) is 3.64. The summed E-state index contributed by atoms with van der Waals surface area (Å²) < 4.78 is 0. The van der Waals surface area contributed by atoms with Gasteiger partial charge in [-0.1, -0.05) is 18.7 Å². The molecule has 2 heterocycles. The van der Waals surface area contributed by atoms with Crippen LogP contribution in [0.3, 0.4) is 0 Å². The maximum Gasteiger partial charge on any atom is 0.261 e. The highest BCUT2D eigenvalue weighted by molar-refractivity contribution is 6.24. The highest BCUT2D eigenvalue weighted by Gasteiger charge is 2.42. The van der Waals surface area contributed by atoms with Gasteiger partial charge >= 0.3 is 0 Å². The zero-order chi connectivity index (χ0) is 14.0. The molecule has 1 N–H and O–H groups in total. The zero-order valence-electron chi connectivity index (χ0n) is 10.8. The summed E-state index contributed by atoms with van der Waals surface area (Å²) in [6.07, 6.45) is 5.54. The van der Waals surface area contributed by atoms with Gasteiger partial charge in [0, 0.05) is 18.5 Å². The van der Waals surface area contributed by atoms with Crippen molar-refractivity contribution >= 4 is 17.7 Å². The third kappa shape index (κ3) is 2.23. The number of carbonyl (C=O) groups excluding carboxylic acids is 3. The van der Waals surface area contributed by atoms with Gasteiger partial charge in [-0.3, -0.25) is 19.3 Å². The highest BCUT2D eigenvalue weighted by atomic mass is 16.2. The van der Waals surface area contributed by atoms with Crippen molar-refractivity contribution < 1.29 is 14.4 Å². The number of nitrogens with zero attached hydrogens (tertiary/aromatic N) is 1. The van der Waals surface area contributed by atoms with E-state index in [2.05, 4.69) is 11.9 Å². The lowest BCUT2D eigenvalue weighted by molar-refractivity contribution is -0.141. The summed E-state index contributed by atoms with van der Waals surface area (Å²) >= 11 is 0. The van der Waals surface area contributed by atoms with Crippen molar-refractivity contribution in [3.63, 3.8) is 0 Å². The summed E-state index contributed by atoms with van der Waals surface area (Å²) in [5.41, 5.74) is 0.779. The second-order valence-electron chi connectivity index (χ2n) is 4.50. The van der Waals surface area contributed by atoms with Crippen LogP contribution < -0.4 is 5.32 Å². The molecule has 3 amide bonds. The Bertz CT molecular complexity index is 507. The zero-order valence-corrected chi connectivity index (χ0v) is 10.8. The Morgan fingerprint density at radius 1 is 1.26 bits per heavy atom. The van der Waals surface area contributed by atoms with Crippen LogP contribution in [-0.4, -0.2) is 35.2 Å². The molecule has 0 radical (unpaired) electrons. The molecular formula is C14H16N2O3. The molecule has 0 spiro atoms. The Morgan fingerprint density at radius 2 is 1.95 bits per heavy atom. The number of rotatable bonds is 2. The molecule has 0 bridgehead atoms. The quantitative estimate of drug-likeness (QED) is 0.587. The molecule has 0 aromatic heterocycles. The van der Waals surface area contributed by atoms with Crippen LogP contribution in [0.15, 0.2) is 36.0 Å². The van der Waals surface area contributed by atoms with Crippen LogP contribution in [0.2, 0.25) is 0 Å². The molecule has 100 valence electrons. The van der Waals surface area contributed by atoms with Crippen molar-refractivity contribution in [2.45, 2.75) is 25.8 Å². The fourth-order valence-corrected chi connectivity index (χ4v) is 2.41.